The molecule has 5 aromatic rings. The van der Waals surface area contributed by atoms with Gasteiger partial charge in [-0.05, 0) is 46.9 Å². The lowest BCUT2D eigenvalue weighted by Gasteiger charge is -2.34. The molecule has 210 valence electrons. The first kappa shape index (κ1) is 27.8. The van der Waals surface area contributed by atoms with E-state index in [4.69, 9.17) is 4.74 Å². The molecule has 0 aliphatic heterocycles. The molecule has 2 aromatic heterocycles. The molecule has 0 unspecified atom stereocenters. The van der Waals surface area contributed by atoms with Crippen molar-refractivity contribution < 1.29 is 18.6 Å². The van der Waals surface area contributed by atoms with Crippen molar-refractivity contribution in [1.82, 2.24) is 35.0 Å². The molecule has 0 saturated heterocycles. The van der Waals surface area contributed by atoms with Crippen molar-refractivity contribution in [3.05, 3.63) is 114 Å². The lowest BCUT2D eigenvalue weighted by atomic mass is 9.80. The molecule has 0 aliphatic rings. The van der Waals surface area contributed by atoms with E-state index in [0.717, 1.165) is 34.6 Å². The van der Waals surface area contributed by atoms with Gasteiger partial charge in [0.05, 0.1) is 20.2 Å². The third-order valence-corrected chi connectivity index (χ3v) is 6.99. The van der Waals surface area contributed by atoms with Gasteiger partial charge in [0.25, 0.3) is 0 Å². The average molecular weight is 558 g/mol. The SMILES string of the molecule is COc1ccc(Cn2nnc(-c3ccc(/C=C/C[C@H](C)[C@](O)(Cn4cncn4)c4ccc(F)cc4F)cc3)n2)cc1. The maximum atomic E-state index is 14.8. The Morgan fingerprint density at radius 3 is 2.51 bits per heavy atom. The van der Waals surface area contributed by atoms with Crippen LogP contribution >= 0.6 is 0 Å². The Bertz CT molecular complexity index is 1600. The van der Waals surface area contributed by atoms with Crippen molar-refractivity contribution in [2.75, 3.05) is 7.11 Å². The van der Waals surface area contributed by atoms with Gasteiger partial charge in [-0.2, -0.15) is 9.90 Å². The Morgan fingerprint density at radius 2 is 1.83 bits per heavy atom. The number of ether oxygens (including phenoxy) is 1. The monoisotopic (exact) mass is 557 g/mol. The maximum Gasteiger partial charge on any atom is 0.204 e. The highest BCUT2D eigenvalue weighted by Crippen LogP contribution is 2.36. The lowest BCUT2D eigenvalue weighted by molar-refractivity contribution is -0.0379. The summed E-state index contributed by atoms with van der Waals surface area (Å²) in [7, 11) is 1.63. The molecule has 0 spiro atoms. The van der Waals surface area contributed by atoms with Crippen LogP contribution in [0.15, 0.2) is 85.5 Å². The number of benzene rings is 3. The minimum Gasteiger partial charge on any atom is -0.497 e. The van der Waals surface area contributed by atoms with Crippen molar-refractivity contribution in [2.24, 2.45) is 5.92 Å². The van der Waals surface area contributed by atoms with E-state index in [9.17, 15) is 13.9 Å². The fraction of sp³-hybridized carbons (Fsp3) is 0.233. The Labute approximate surface area is 235 Å². The highest BCUT2D eigenvalue weighted by molar-refractivity contribution is 5.59. The number of hydrogen-bond acceptors (Lipinski definition) is 7. The summed E-state index contributed by atoms with van der Waals surface area (Å²) < 4.78 is 35.0. The number of nitrogens with zero attached hydrogens (tertiary/aromatic N) is 7. The summed E-state index contributed by atoms with van der Waals surface area (Å²) in [6.07, 6.45) is 7.04. The largest absolute Gasteiger partial charge is 0.497 e. The Kier molecular flexibility index (Phi) is 8.25. The third kappa shape index (κ3) is 6.52. The van der Waals surface area contributed by atoms with Crippen LogP contribution < -0.4 is 4.74 Å². The molecule has 3 aromatic carbocycles. The van der Waals surface area contributed by atoms with Crippen molar-refractivity contribution in [3.8, 4) is 17.1 Å². The van der Waals surface area contributed by atoms with Crippen LogP contribution in [0.1, 0.15) is 30.0 Å². The van der Waals surface area contributed by atoms with E-state index in [-0.39, 0.29) is 12.1 Å². The second-order valence-electron chi connectivity index (χ2n) is 9.79. The zero-order chi connectivity index (χ0) is 28.8. The Balaban J connectivity index is 1.25. The molecular formula is C30H29F2N7O2. The van der Waals surface area contributed by atoms with E-state index < -0.39 is 23.2 Å². The van der Waals surface area contributed by atoms with Crippen molar-refractivity contribution >= 4 is 6.08 Å². The molecule has 11 heteroatoms. The van der Waals surface area contributed by atoms with Crippen LogP contribution in [-0.2, 0) is 18.7 Å². The van der Waals surface area contributed by atoms with Gasteiger partial charge in [-0.3, -0.25) is 0 Å². The van der Waals surface area contributed by atoms with E-state index in [1.807, 2.05) is 67.6 Å². The van der Waals surface area contributed by atoms with E-state index >= 15 is 0 Å². The van der Waals surface area contributed by atoms with Crippen LogP contribution in [0, 0.1) is 17.6 Å². The average Bonchev–Trinajstić information content (AvgIpc) is 3.66. The first-order valence-corrected chi connectivity index (χ1v) is 13.0. The Hall–Kier alpha value is -4.77. The molecule has 0 saturated carbocycles. The summed E-state index contributed by atoms with van der Waals surface area (Å²) in [6.45, 7) is 2.26. The number of allylic oxidation sites excluding steroid dienone is 1. The zero-order valence-electron chi connectivity index (χ0n) is 22.6. The van der Waals surface area contributed by atoms with Gasteiger partial charge in [-0.25, -0.2) is 18.4 Å². The van der Waals surface area contributed by atoms with E-state index in [1.165, 1.54) is 28.2 Å². The summed E-state index contributed by atoms with van der Waals surface area (Å²) in [4.78, 5) is 5.45. The number of aromatic nitrogens is 7. The van der Waals surface area contributed by atoms with Crippen LogP contribution in [-0.4, -0.2) is 47.2 Å². The number of tetrazole rings is 1. The number of halogens is 2. The fourth-order valence-corrected chi connectivity index (χ4v) is 4.57. The molecule has 0 fully saturated rings. The van der Waals surface area contributed by atoms with E-state index in [2.05, 4.69) is 25.5 Å². The molecule has 41 heavy (non-hydrogen) atoms. The molecule has 1 N–H and O–H groups in total. The quantitative estimate of drug-likeness (QED) is 0.247. The third-order valence-electron chi connectivity index (χ3n) is 6.99. The molecule has 0 amide bonds. The number of rotatable bonds is 11. The first-order chi connectivity index (χ1) is 19.8. The zero-order valence-corrected chi connectivity index (χ0v) is 22.6. The predicted octanol–water partition coefficient (Wildman–Crippen LogP) is 4.89. The molecule has 9 nitrogen and oxygen atoms in total. The molecule has 2 atom stereocenters. The predicted molar refractivity (Wildman–Crippen MR) is 148 cm³/mol. The van der Waals surface area contributed by atoms with Gasteiger partial charge < -0.3 is 9.84 Å². The minimum absolute atomic E-state index is 0.00666. The van der Waals surface area contributed by atoms with Gasteiger partial charge in [-0.15, -0.1) is 10.2 Å². The number of methoxy groups -OCH3 is 1. The maximum absolute atomic E-state index is 14.8. The topological polar surface area (TPSA) is 104 Å². The van der Waals surface area contributed by atoms with Gasteiger partial charge in [-0.1, -0.05) is 61.5 Å². The fourth-order valence-electron chi connectivity index (χ4n) is 4.57. The van der Waals surface area contributed by atoms with Crippen molar-refractivity contribution in [2.45, 2.75) is 32.0 Å². The van der Waals surface area contributed by atoms with Crippen LogP contribution in [0.4, 0.5) is 8.78 Å². The van der Waals surface area contributed by atoms with Gasteiger partial charge in [0.15, 0.2) is 0 Å². The van der Waals surface area contributed by atoms with Crippen molar-refractivity contribution in [1.29, 1.82) is 0 Å². The van der Waals surface area contributed by atoms with Crippen LogP contribution in [0.3, 0.4) is 0 Å². The molecule has 5 rings (SSSR count). The highest BCUT2D eigenvalue weighted by atomic mass is 19.1. The molecule has 0 radical (unpaired) electrons. The standard InChI is InChI=1S/C30H29F2N7O2/c1-21(30(40,18-38-20-33-19-34-38)27-15-12-25(31)16-28(27)32)4-3-5-22-6-10-24(11-7-22)29-35-37-39(36-29)17-23-8-13-26(41-2)14-9-23/h3,5-16,19-21,40H,4,17-18H2,1-2H3/b5-3+/t21-,30+/m0/s1. The Morgan fingerprint density at radius 1 is 1.05 bits per heavy atom. The summed E-state index contributed by atoms with van der Waals surface area (Å²) in [5.41, 5.74) is 1.14. The second kappa shape index (κ2) is 12.2. The van der Waals surface area contributed by atoms with Gasteiger partial charge in [0.1, 0.15) is 35.6 Å². The number of aliphatic hydroxyl groups is 1. The van der Waals surface area contributed by atoms with Crippen LogP contribution in [0.2, 0.25) is 0 Å². The van der Waals surface area contributed by atoms with E-state index in [0.29, 0.717) is 18.8 Å². The first-order valence-electron chi connectivity index (χ1n) is 13.0. The highest BCUT2D eigenvalue weighted by Gasteiger charge is 2.38. The second-order valence-corrected chi connectivity index (χ2v) is 9.79. The lowest BCUT2D eigenvalue weighted by Crippen LogP contribution is -2.39. The molecule has 0 aliphatic carbocycles. The van der Waals surface area contributed by atoms with Gasteiger partial charge >= 0.3 is 0 Å². The van der Waals surface area contributed by atoms with Crippen LogP contribution in [0.5, 0.6) is 5.75 Å². The minimum atomic E-state index is -1.65. The van der Waals surface area contributed by atoms with E-state index in [1.54, 1.807) is 7.11 Å². The summed E-state index contributed by atoms with van der Waals surface area (Å²) in [6, 6.07) is 18.6. The smallest absolute Gasteiger partial charge is 0.204 e. The summed E-state index contributed by atoms with van der Waals surface area (Å²) >= 11 is 0. The normalized spacial score (nSPS) is 13.8. The molecular weight excluding hydrogens is 528 g/mol. The van der Waals surface area contributed by atoms with Gasteiger partial charge in [0, 0.05) is 17.2 Å². The van der Waals surface area contributed by atoms with Crippen molar-refractivity contribution in [3.63, 3.8) is 0 Å². The molecule has 0 bridgehead atoms. The summed E-state index contributed by atoms with van der Waals surface area (Å²) in [5.74, 6) is -0.656. The number of hydrogen-bond donors (Lipinski definition) is 1. The van der Waals surface area contributed by atoms with Crippen LogP contribution in [0.25, 0.3) is 17.5 Å². The van der Waals surface area contributed by atoms with Gasteiger partial charge in [0.2, 0.25) is 5.82 Å². The summed E-state index contributed by atoms with van der Waals surface area (Å²) in [5, 5.41) is 28.5. The molecule has 2 heterocycles.